The molecule has 2 bridgehead atoms. The Hall–Kier alpha value is -0.100. The number of rotatable bonds is 3. The fourth-order valence-corrected chi connectivity index (χ4v) is 5.49. The van der Waals surface area contributed by atoms with E-state index in [4.69, 9.17) is 0 Å². The minimum atomic E-state index is -4.15. The zero-order chi connectivity index (χ0) is 13.4. The standard InChI is InChI=1S/C12H19F3O2S/c13-12(14,15)6-2-5-11(16)7-9-3-1-4-10(8-11)18(9)17/h9-10,16H,1-8H2. The van der Waals surface area contributed by atoms with Crippen molar-refractivity contribution in [2.24, 2.45) is 0 Å². The van der Waals surface area contributed by atoms with Gasteiger partial charge in [0.2, 0.25) is 0 Å². The monoisotopic (exact) mass is 284 g/mol. The lowest BCUT2D eigenvalue weighted by Gasteiger charge is -2.43. The molecule has 2 saturated heterocycles. The Bertz CT molecular complexity index is 314. The molecule has 2 fully saturated rings. The van der Waals surface area contributed by atoms with E-state index in [9.17, 15) is 22.5 Å². The first kappa shape index (κ1) is 14.3. The maximum Gasteiger partial charge on any atom is 0.389 e. The van der Waals surface area contributed by atoms with Crippen molar-refractivity contribution in [1.82, 2.24) is 0 Å². The lowest BCUT2D eigenvalue weighted by atomic mass is 9.82. The third-order valence-electron chi connectivity index (χ3n) is 4.03. The van der Waals surface area contributed by atoms with Crippen LogP contribution in [0.15, 0.2) is 0 Å². The van der Waals surface area contributed by atoms with Gasteiger partial charge in [-0.3, -0.25) is 4.21 Å². The fraction of sp³-hybridized carbons (Fsp3) is 1.00. The number of fused-ring (bicyclic) bond motifs is 2. The highest BCUT2D eigenvalue weighted by Crippen LogP contribution is 2.41. The molecule has 2 atom stereocenters. The topological polar surface area (TPSA) is 37.3 Å². The molecule has 2 aliphatic rings. The van der Waals surface area contributed by atoms with E-state index in [2.05, 4.69) is 0 Å². The van der Waals surface area contributed by atoms with E-state index >= 15 is 0 Å². The Balaban J connectivity index is 1.90. The number of halogens is 3. The van der Waals surface area contributed by atoms with Gasteiger partial charge in [0.1, 0.15) is 0 Å². The van der Waals surface area contributed by atoms with Gasteiger partial charge in [-0.05, 0) is 38.5 Å². The van der Waals surface area contributed by atoms with Gasteiger partial charge in [-0.2, -0.15) is 13.2 Å². The molecule has 1 N–H and O–H groups in total. The maximum atomic E-state index is 12.1. The Morgan fingerprint density at radius 2 is 1.78 bits per heavy atom. The van der Waals surface area contributed by atoms with E-state index in [1.165, 1.54) is 0 Å². The van der Waals surface area contributed by atoms with Crippen LogP contribution in [0.2, 0.25) is 0 Å². The summed E-state index contributed by atoms with van der Waals surface area (Å²) in [5, 5.41) is 10.4. The summed E-state index contributed by atoms with van der Waals surface area (Å²) in [7, 11) is -0.887. The molecule has 0 radical (unpaired) electrons. The van der Waals surface area contributed by atoms with Crippen LogP contribution in [0.4, 0.5) is 13.2 Å². The lowest BCUT2D eigenvalue weighted by Crippen LogP contribution is -2.49. The molecule has 0 aromatic heterocycles. The second kappa shape index (κ2) is 5.12. The van der Waals surface area contributed by atoms with Crippen molar-refractivity contribution >= 4 is 10.8 Å². The van der Waals surface area contributed by atoms with Crippen LogP contribution in [0, 0.1) is 0 Å². The van der Waals surface area contributed by atoms with Gasteiger partial charge in [0, 0.05) is 27.7 Å². The van der Waals surface area contributed by atoms with Crippen LogP contribution < -0.4 is 0 Å². The van der Waals surface area contributed by atoms with Crippen LogP contribution >= 0.6 is 0 Å². The van der Waals surface area contributed by atoms with Gasteiger partial charge in [0.05, 0.1) is 5.60 Å². The zero-order valence-electron chi connectivity index (χ0n) is 10.2. The van der Waals surface area contributed by atoms with Crippen molar-refractivity contribution in [3.8, 4) is 0 Å². The molecule has 0 spiro atoms. The predicted molar refractivity (Wildman–Crippen MR) is 63.7 cm³/mol. The molecule has 0 saturated carbocycles. The average molecular weight is 284 g/mol. The molecule has 0 aromatic rings. The van der Waals surface area contributed by atoms with E-state index in [0.29, 0.717) is 12.8 Å². The van der Waals surface area contributed by atoms with Gasteiger partial charge >= 0.3 is 6.18 Å². The van der Waals surface area contributed by atoms with Gasteiger partial charge in [-0.25, -0.2) is 0 Å². The van der Waals surface area contributed by atoms with Crippen LogP contribution in [0.1, 0.15) is 51.4 Å². The Kier molecular flexibility index (Phi) is 4.07. The second-order valence-electron chi connectivity index (χ2n) is 5.60. The Morgan fingerprint density at radius 3 is 2.28 bits per heavy atom. The van der Waals surface area contributed by atoms with Crippen molar-refractivity contribution in [2.75, 3.05) is 0 Å². The summed E-state index contributed by atoms with van der Waals surface area (Å²) in [4.78, 5) is 0. The molecule has 18 heavy (non-hydrogen) atoms. The van der Waals surface area contributed by atoms with E-state index in [1.807, 2.05) is 0 Å². The van der Waals surface area contributed by atoms with Crippen LogP contribution in [0.25, 0.3) is 0 Å². The van der Waals surface area contributed by atoms with E-state index in [0.717, 1.165) is 19.3 Å². The first-order chi connectivity index (χ1) is 8.29. The predicted octanol–water partition coefficient (Wildman–Crippen LogP) is 2.91. The molecular formula is C12H19F3O2S. The third kappa shape index (κ3) is 3.47. The van der Waals surface area contributed by atoms with Crippen LogP contribution in [0.3, 0.4) is 0 Å². The molecule has 6 heteroatoms. The minimum Gasteiger partial charge on any atom is -0.390 e. The number of hydrogen-bond donors (Lipinski definition) is 1. The summed E-state index contributed by atoms with van der Waals surface area (Å²) < 4.78 is 48.2. The van der Waals surface area contributed by atoms with Crippen molar-refractivity contribution < 1.29 is 22.5 Å². The molecular weight excluding hydrogens is 265 g/mol. The summed E-state index contributed by atoms with van der Waals surface area (Å²) in [5.41, 5.74) is -1.02. The van der Waals surface area contributed by atoms with Gasteiger partial charge in [0.15, 0.2) is 0 Å². The van der Waals surface area contributed by atoms with Crippen molar-refractivity contribution in [1.29, 1.82) is 0 Å². The van der Waals surface area contributed by atoms with Gasteiger partial charge in [-0.15, -0.1) is 0 Å². The Labute approximate surface area is 107 Å². The SMILES string of the molecule is O=S1C2CCCC1CC(O)(CCCC(F)(F)F)C2. The summed E-state index contributed by atoms with van der Waals surface area (Å²) in [6, 6.07) is 0. The normalized spacial score (nSPS) is 40.8. The largest absolute Gasteiger partial charge is 0.390 e. The van der Waals surface area contributed by atoms with Crippen LogP contribution in [-0.2, 0) is 10.8 Å². The molecule has 2 heterocycles. The molecule has 0 aromatic carbocycles. The molecule has 106 valence electrons. The highest BCUT2D eigenvalue weighted by atomic mass is 32.2. The lowest BCUT2D eigenvalue weighted by molar-refractivity contribution is -0.138. The number of alkyl halides is 3. The molecule has 2 aliphatic heterocycles. The summed E-state index contributed by atoms with van der Waals surface area (Å²) in [6.45, 7) is 0. The van der Waals surface area contributed by atoms with Gasteiger partial charge < -0.3 is 5.11 Å². The summed E-state index contributed by atoms with van der Waals surface area (Å²) >= 11 is 0. The van der Waals surface area contributed by atoms with Crippen molar-refractivity contribution in [3.63, 3.8) is 0 Å². The van der Waals surface area contributed by atoms with Crippen LogP contribution in [-0.4, -0.2) is 31.6 Å². The molecule has 0 amide bonds. The molecule has 2 rings (SSSR count). The van der Waals surface area contributed by atoms with Crippen molar-refractivity contribution in [3.05, 3.63) is 0 Å². The zero-order valence-corrected chi connectivity index (χ0v) is 11.0. The highest BCUT2D eigenvalue weighted by Gasteiger charge is 2.45. The first-order valence-electron chi connectivity index (χ1n) is 6.48. The summed E-state index contributed by atoms with van der Waals surface area (Å²) in [6.07, 6.45) is -1.32. The average Bonchev–Trinajstić information content (AvgIpc) is 2.19. The van der Waals surface area contributed by atoms with Gasteiger partial charge in [-0.1, -0.05) is 6.42 Å². The number of aliphatic hydroxyl groups is 1. The Morgan fingerprint density at radius 1 is 1.22 bits per heavy atom. The number of hydrogen-bond acceptors (Lipinski definition) is 2. The van der Waals surface area contributed by atoms with Crippen LogP contribution in [0.5, 0.6) is 0 Å². The van der Waals surface area contributed by atoms with E-state index in [-0.39, 0.29) is 23.3 Å². The van der Waals surface area contributed by atoms with Gasteiger partial charge in [0.25, 0.3) is 0 Å². The minimum absolute atomic E-state index is 0.00612. The second-order valence-corrected chi connectivity index (χ2v) is 7.60. The molecule has 0 aliphatic carbocycles. The molecule has 2 nitrogen and oxygen atoms in total. The summed E-state index contributed by atoms with van der Waals surface area (Å²) in [5.74, 6) is 0. The highest BCUT2D eigenvalue weighted by molar-refractivity contribution is 7.86. The maximum absolute atomic E-state index is 12.1. The first-order valence-corrected chi connectivity index (χ1v) is 7.75. The van der Waals surface area contributed by atoms with Crippen molar-refractivity contribution in [2.45, 2.75) is 73.6 Å². The van der Waals surface area contributed by atoms with E-state index < -0.39 is 29.0 Å². The fourth-order valence-electron chi connectivity index (χ4n) is 3.20. The van der Waals surface area contributed by atoms with E-state index in [1.54, 1.807) is 0 Å². The quantitative estimate of drug-likeness (QED) is 0.865. The molecule has 2 unspecified atom stereocenters. The third-order valence-corrected chi connectivity index (χ3v) is 6.15. The smallest absolute Gasteiger partial charge is 0.389 e.